The number of pyridine rings is 1. The Labute approximate surface area is 137 Å². The number of anilines is 1. The molecular formula is C16H15ClFN3O2. The first kappa shape index (κ1) is 16.9. The van der Waals surface area contributed by atoms with Gasteiger partial charge in [-0.25, -0.2) is 4.39 Å². The van der Waals surface area contributed by atoms with Gasteiger partial charge in [-0.05, 0) is 36.8 Å². The monoisotopic (exact) mass is 335 g/mol. The van der Waals surface area contributed by atoms with Gasteiger partial charge in [0.1, 0.15) is 11.5 Å². The summed E-state index contributed by atoms with van der Waals surface area (Å²) in [4.78, 5) is 28.0. The molecule has 0 aliphatic rings. The molecule has 2 amide bonds. The Bertz CT molecular complexity index is 737. The van der Waals surface area contributed by atoms with Gasteiger partial charge in [-0.1, -0.05) is 18.5 Å². The lowest BCUT2D eigenvalue weighted by Gasteiger charge is -2.07. The maximum absolute atomic E-state index is 13.1. The molecule has 5 nitrogen and oxygen atoms in total. The van der Waals surface area contributed by atoms with Crippen LogP contribution in [0.3, 0.4) is 0 Å². The second-order valence-corrected chi connectivity index (χ2v) is 5.18. The molecule has 0 unspecified atom stereocenters. The molecule has 0 atom stereocenters. The Morgan fingerprint density at radius 1 is 1.22 bits per heavy atom. The van der Waals surface area contributed by atoms with E-state index < -0.39 is 11.7 Å². The predicted octanol–water partition coefficient (Wildman–Crippen LogP) is 3.27. The lowest BCUT2D eigenvalue weighted by molar-refractivity contribution is 0.0953. The van der Waals surface area contributed by atoms with Crippen molar-refractivity contribution in [2.24, 2.45) is 0 Å². The molecule has 1 aromatic carbocycles. The standard InChI is InChI=1S/C16H15ClFN3O2/c1-2-6-20-15(22)10-5-7-19-14(8-10)16(23)21-11-3-4-13(18)12(17)9-11/h3-5,7-9H,2,6H2,1H3,(H,20,22)(H,21,23). The van der Waals surface area contributed by atoms with Crippen LogP contribution in [0.15, 0.2) is 36.5 Å². The van der Waals surface area contributed by atoms with Crippen molar-refractivity contribution in [1.29, 1.82) is 0 Å². The molecule has 2 aromatic rings. The van der Waals surface area contributed by atoms with Crippen LogP contribution >= 0.6 is 11.6 Å². The smallest absolute Gasteiger partial charge is 0.274 e. The van der Waals surface area contributed by atoms with Gasteiger partial charge >= 0.3 is 0 Å². The molecule has 0 spiro atoms. The van der Waals surface area contributed by atoms with E-state index in [9.17, 15) is 14.0 Å². The third kappa shape index (κ3) is 4.50. The van der Waals surface area contributed by atoms with Crippen molar-refractivity contribution in [3.8, 4) is 0 Å². The minimum absolute atomic E-state index is 0.0783. The summed E-state index contributed by atoms with van der Waals surface area (Å²) in [5.41, 5.74) is 0.759. The minimum Gasteiger partial charge on any atom is -0.352 e. The number of hydrogen-bond acceptors (Lipinski definition) is 3. The molecular weight excluding hydrogens is 321 g/mol. The number of benzene rings is 1. The van der Waals surface area contributed by atoms with Gasteiger partial charge in [-0.2, -0.15) is 0 Å². The van der Waals surface area contributed by atoms with E-state index in [1.165, 1.54) is 30.5 Å². The van der Waals surface area contributed by atoms with Crippen molar-refractivity contribution in [3.05, 3.63) is 58.6 Å². The number of carbonyl (C=O) groups is 2. The molecule has 0 bridgehead atoms. The van der Waals surface area contributed by atoms with Crippen LogP contribution in [0.1, 0.15) is 34.2 Å². The number of rotatable bonds is 5. The number of halogens is 2. The minimum atomic E-state index is -0.572. The highest BCUT2D eigenvalue weighted by atomic mass is 35.5. The number of hydrogen-bond donors (Lipinski definition) is 2. The zero-order valence-electron chi connectivity index (χ0n) is 12.4. The van der Waals surface area contributed by atoms with Crippen molar-refractivity contribution >= 4 is 29.1 Å². The van der Waals surface area contributed by atoms with Gasteiger partial charge in [0.05, 0.1) is 5.02 Å². The molecule has 23 heavy (non-hydrogen) atoms. The van der Waals surface area contributed by atoms with Gasteiger partial charge in [0.25, 0.3) is 11.8 Å². The molecule has 0 saturated heterocycles. The van der Waals surface area contributed by atoms with Crippen LogP contribution in [0.5, 0.6) is 0 Å². The van der Waals surface area contributed by atoms with Crippen LogP contribution in [-0.2, 0) is 0 Å². The van der Waals surface area contributed by atoms with Crippen molar-refractivity contribution in [1.82, 2.24) is 10.3 Å². The molecule has 2 rings (SSSR count). The Kier molecular flexibility index (Phi) is 5.65. The first-order valence-electron chi connectivity index (χ1n) is 7.02. The summed E-state index contributed by atoms with van der Waals surface area (Å²) < 4.78 is 13.1. The average Bonchev–Trinajstić information content (AvgIpc) is 2.56. The summed E-state index contributed by atoms with van der Waals surface area (Å²) in [7, 11) is 0. The van der Waals surface area contributed by atoms with Gasteiger partial charge in [0, 0.05) is 24.0 Å². The first-order valence-corrected chi connectivity index (χ1v) is 7.39. The van der Waals surface area contributed by atoms with E-state index in [1.54, 1.807) is 0 Å². The van der Waals surface area contributed by atoms with Gasteiger partial charge in [0.2, 0.25) is 0 Å². The fraction of sp³-hybridized carbons (Fsp3) is 0.188. The van der Waals surface area contributed by atoms with Gasteiger partial charge < -0.3 is 10.6 Å². The molecule has 0 aliphatic heterocycles. The largest absolute Gasteiger partial charge is 0.352 e. The van der Waals surface area contributed by atoms with Crippen LogP contribution in [0, 0.1) is 5.82 Å². The van der Waals surface area contributed by atoms with E-state index in [-0.39, 0.29) is 16.6 Å². The normalized spacial score (nSPS) is 10.2. The van der Waals surface area contributed by atoms with Crippen molar-refractivity contribution in [2.45, 2.75) is 13.3 Å². The summed E-state index contributed by atoms with van der Waals surface area (Å²) in [6, 6.07) is 6.76. The Morgan fingerprint density at radius 3 is 2.70 bits per heavy atom. The van der Waals surface area contributed by atoms with E-state index in [0.717, 1.165) is 12.5 Å². The quantitative estimate of drug-likeness (QED) is 0.881. The number of aromatic nitrogens is 1. The Balaban J connectivity index is 2.13. The summed E-state index contributed by atoms with van der Waals surface area (Å²) in [6.07, 6.45) is 2.20. The highest BCUT2D eigenvalue weighted by Gasteiger charge is 2.12. The fourth-order valence-corrected chi connectivity index (χ4v) is 1.99. The summed E-state index contributed by atoms with van der Waals surface area (Å²) in [6.45, 7) is 2.50. The van der Waals surface area contributed by atoms with Crippen molar-refractivity contribution in [2.75, 3.05) is 11.9 Å². The van der Waals surface area contributed by atoms with Crippen LogP contribution in [0.2, 0.25) is 5.02 Å². The SMILES string of the molecule is CCCNC(=O)c1ccnc(C(=O)Nc2ccc(F)c(Cl)c2)c1. The Hall–Kier alpha value is -2.47. The fourth-order valence-electron chi connectivity index (χ4n) is 1.81. The maximum atomic E-state index is 13.1. The number of nitrogens with one attached hydrogen (secondary N) is 2. The predicted molar refractivity (Wildman–Crippen MR) is 86.2 cm³/mol. The van der Waals surface area contributed by atoms with E-state index in [0.29, 0.717) is 17.8 Å². The average molecular weight is 336 g/mol. The van der Waals surface area contributed by atoms with E-state index in [4.69, 9.17) is 11.6 Å². The zero-order valence-corrected chi connectivity index (χ0v) is 13.2. The Morgan fingerprint density at radius 2 is 2.00 bits per heavy atom. The van der Waals surface area contributed by atoms with Crippen LogP contribution in [0.25, 0.3) is 0 Å². The summed E-state index contributed by atoms with van der Waals surface area (Å²) in [5, 5.41) is 5.18. The summed E-state index contributed by atoms with van der Waals surface area (Å²) in [5.74, 6) is -1.36. The molecule has 0 fully saturated rings. The topological polar surface area (TPSA) is 71.1 Å². The lowest BCUT2D eigenvalue weighted by Crippen LogP contribution is -2.24. The van der Waals surface area contributed by atoms with Gasteiger partial charge in [0.15, 0.2) is 0 Å². The number of amides is 2. The maximum Gasteiger partial charge on any atom is 0.274 e. The molecule has 1 heterocycles. The first-order chi connectivity index (χ1) is 11.0. The summed E-state index contributed by atoms with van der Waals surface area (Å²) >= 11 is 5.66. The van der Waals surface area contributed by atoms with Crippen LogP contribution in [-0.4, -0.2) is 23.3 Å². The third-order valence-corrected chi connectivity index (χ3v) is 3.26. The third-order valence-electron chi connectivity index (χ3n) is 2.97. The lowest BCUT2D eigenvalue weighted by atomic mass is 10.2. The highest BCUT2D eigenvalue weighted by Crippen LogP contribution is 2.19. The number of carbonyl (C=O) groups excluding carboxylic acids is 2. The van der Waals surface area contributed by atoms with E-state index >= 15 is 0 Å². The van der Waals surface area contributed by atoms with E-state index in [2.05, 4.69) is 15.6 Å². The molecule has 120 valence electrons. The van der Waals surface area contributed by atoms with Crippen molar-refractivity contribution < 1.29 is 14.0 Å². The van der Waals surface area contributed by atoms with Gasteiger partial charge in [-0.3, -0.25) is 14.6 Å². The molecule has 7 heteroatoms. The zero-order chi connectivity index (χ0) is 16.8. The van der Waals surface area contributed by atoms with Gasteiger partial charge in [-0.15, -0.1) is 0 Å². The molecule has 0 saturated carbocycles. The molecule has 1 aromatic heterocycles. The van der Waals surface area contributed by atoms with Crippen LogP contribution in [0.4, 0.5) is 10.1 Å². The second-order valence-electron chi connectivity index (χ2n) is 4.77. The van der Waals surface area contributed by atoms with E-state index in [1.807, 2.05) is 6.92 Å². The molecule has 0 radical (unpaired) electrons. The van der Waals surface area contributed by atoms with Crippen molar-refractivity contribution in [3.63, 3.8) is 0 Å². The molecule has 0 aliphatic carbocycles. The molecule has 2 N–H and O–H groups in total. The highest BCUT2D eigenvalue weighted by molar-refractivity contribution is 6.31. The van der Waals surface area contributed by atoms with Crippen LogP contribution < -0.4 is 10.6 Å². The second kappa shape index (κ2) is 7.69. The number of nitrogens with zero attached hydrogens (tertiary/aromatic N) is 1.